The summed E-state index contributed by atoms with van der Waals surface area (Å²) in [4.78, 5) is 11.8. The van der Waals surface area contributed by atoms with Crippen LogP contribution in [-0.2, 0) is 4.79 Å². The second-order valence-corrected chi connectivity index (χ2v) is 4.05. The highest BCUT2D eigenvalue weighted by Gasteiger charge is 2.22. The summed E-state index contributed by atoms with van der Waals surface area (Å²) in [5, 5.41) is 5.86. The van der Waals surface area contributed by atoms with Crippen LogP contribution in [0.2, 0.25) is 0 Å². The molecule has 3 nitrogen and oxygen atoms in total. The molecule has 1 fully saturated rings. The maximum atomic E-state index is 13.2. The highest BCUT2D eigenvalue weighted by molar-refractivity contribution is 5.95. The van der Waals surface area contributed by atoms with Gasteiger partial charge < -0.3 is 10.6 Å². The van der Waals surface area contributed by atoms with Gasteiger partial charge in [0.25, 0.3) is 0 Å². The van der Waals surface area contributed by atoms with Crippen LogP contribution in [0.5, 0.6) is 0 Å². The average molecular weight is 222 g/mol. The fourth-order valence-corrected chi connectivity index (χ4v) is 1.87. The molecule has 0 unspecified atom stereocenters. The molecule has 1 aliphatic rings. The van der Waals surface area contributed by atoms with E-state index < -0.39 is 0 Å². The summed E-state index contributed by atoms with van der Waals surface area (Å²) in [5.74, 6) is -0.372. The lowest BCUT2D eigenvalue weighted by molar-refractivity contribution is -0.117. The monoisotopic (exact) mass is 222 g/mol. The van der Waals surface area contributed by atoms with Crippen molar-refractivity contribution >= 4 is 11.6 Å². The second-order valence-electron chi connectivity index (χ2n) is 4.05. The first-order chi connectivity index (χ1) is 7.68. The van der Waals surface area contributed by atoms with Crippen molar-refractivity contribution in [2.45, 2.75) is 25.8 Å². The van der Waals surface area contributed by atoms with Crippen molar-refractivity contribution in [3.63, 3.8) is 0 Å². The molecule has 0 spiro atoms. The Hall–Kier alpha value is -1.42. The van der Waals surface area contributed by atoms with Crippen molar-refractivity contribution in [2.75, 3.05) is 11.9 Å². The van der Waals surface area contributed by atoms with Crippen molar-refractivity contribution in [3.05, 3.63) is 29.6 Å². The van der Waals surface area contributed by atoms with Gasteiger partial charge >= 0.3 is 0 Å². The Bertz CT molecular complexity index is 400. The van der Waals surface area contributed by atoms with Gasteiger partial charge in [-0.25, -0.2) is 4.39 Å². The number of nitrogens with one attached hydrogen (secondary N) is 2. The molecule has 4 heteroatoms. The zero-order valence-electron chi connectivity index (χ0n) is 9.22. The normalized spacial score (nSPS) is 19.8. The Balaban J connectivity index is 2.08. The van der Waals surface area contributed by atoms with E-state index in [1.54, 1.807) is 19.1 Å². The number of halogens is 1. The summed E-state index contributed by atoms with van der Waals surface area (Å²) >= 11 is 0. The SMILES string of the molecule is Cc1c(F)cccc1NC(=O)[C@@H]1CCCN1. The zero-order chi connectivity index (χ0) is 11.5. The first-order valence-corrected chi connectivity index (χ1v) is 5.48. The lowest BCUT2D eigenvalue weighted by Gasteiger charge is -2.13. The third-order valence-electron chi connectivity index (χ3n) is 2.90. The van der Waals surface area contributed by atoms with Crippen LogP contribution in [0.3, 0.4) is 0 Å². The number of rotatable bonds is 2. The molecule has 0 aromatic heterocycles. The van der Waals surface area contributed by atoms with Crippen LogP contribution in [0.4, 0.5) is 10.1 Å². The number of benzene rings is 1. The molecular formula is C12H15FN2O. The van der Waals surface area contributed by atoms with Crippen molar-refractivity contribution in [1.29, 1.82) is 0 Å². The van der Waals surface area contributed by atoms with E-state index in [-0.39, 0.29) is 17.8 Å². The standard InChI is InChI=1S/C12H15FN2O/c1-8-9(13)4-2-5-10(8)15-12(16)11-6-3-7-14-11/h2,4-5,11,14H,3,6-7H2,1H3,(H,15,16)/t11-/m0/s1. The molecule has 0 saturated carbocycles. The van der Waals surface area contributed by atoms with Crippen LogP contribution < -0.4 is 10.6 Å². The summed E-state index contributed by atoms with van der Waals surface area (Å²) in [7, 11) is 0. The maximum absolute atomic E-state index is 13.2. The Morgan fingerprint density at radius 3 is 3.06 bits per heavy atom. The van der Waals surface area contributed by atoms with Crippen LogP contribution in [0.1, 0.15) is 18.4 Å². The number of anilines is 1. The lowest BCUT2D eigenvalue weighted by Crippen LogP contribution is -2.35. The largest absolute Gasteiger partial charge is 0.324 e. The molecule has 0 radical (unpaired) electrons. The molecule has 1 aliphatic heterocycles. The zero-order valence-corrected chi connectivity index (χ0v) is 9.22. The minimum atomic E-state index is -0.294. The van der Waals surface area contributed by atoms with Gasteiger partial charge in [-0.1, -0.05) is 6.07 Å². The Labute approximate surface area is 94.0 Å². The molecule has 1 atom stereocenters. The second kappa shape index (κ2) is 4.61. The van der Waals surface area contributed by atoms with Crippen LogP contribution >= 0.6 is 0 Å². The third-order valence-corrected chi connectivity index (χ3v) is 2.90. The van der Waals surface area contributed by atoms with Crippen molar-refractivity contribution in [1.82, 2.24) is 5.32 Å². The van der Waals surface area contributed by atoms with Crippen molar-refractivity contribution < 1.29 is 9.18 Å². The van der Waals surface area contributed by atoms with E-state index in [2.05, 4.69) is 10.6 Å². The first kappa shape index (κ1) is 11.1. The number of carbonyl (C=O) groups is 1. The van der Waals surface area contributed by atoms with E-state index in [1.807, 2.05) is 0 Å². The maximum Gasteiger partial charge on any atom is 0.241 e. The van der Waals surface area contributed by atoms with Gasteiger partial charge in [-0.05, 0) is 38.4 Å². The smallest absolute Gasteiger partial charge is 0.241 e. The molecule has 0 aliphatic carbocycles. The predicted octanol–water partition coefficient (Wildman–Crippen LogP) is 1.82. The van der Waals surface area contributed by atoms with E-state index in [1.165, 1.54) is 6.07 Å². The number of carbonyl (C=O) groups excluding carboxylic acids is 1. The van der Waals surface area contributed by atoms with E-state index in [9.17, 15) is 9.18 Å². The number of hydrogen-bond acceptors (Lipinski definition) is 2. The molecule has 1 heterocycles. The molecule has 2 rings (SSSR count). The number of amides is 1. The Morgan fingerprint density at radius 2 is 2.38 bits per heavy atom. The van der Waals surface area contributed by atoms with E-state index in [0.717, 1.165) is 19.4 Å². The minimum Gasteiger partial charge on any atom is -0.324 e. The molecule has 16 heavy (non-hydrogen) atoms. The van der Waals surface area contributed by atoms with E-state index in [4.69, 9.17) is 0 Å². The first-order valence-electron chi connectivity index (χ1n) is 5.48. The fraction of sp³-hybridized carbons (Fsp3) is 0.417. The van der Waals surface area contributed by atoms with Gasteiger partial charge in [-0.15, -0.1) is 0 Å². The van der Waals surface area contributed by atoms with Crippen LogP contribution in [-0.4, -0.2) is 18.5 Å². The summed E-state index contributed by atoms with van der Waals surface area (Å²) in [6.45, 7) is 2.53. The molecule has 86 valence electrons. The van der Waals surface area contributed by atoms with E-state index in [0.29, 0.717) is 11.3 Å². The van der Waals surface area contributed by atoms with Crippen LogP contribution in [0, 0.1) is 12.7 Å². The molecule has 1 saturated heterocycles. The summed E-state index contributed by atoms with van der Waals surface area (Å²) in [6.07, 6.45) is 1.86. The van der Waals surface area contributed by atoms with Crippen molar-refractivity contribution in [3.8, 4) is 0 Å². The van der Waals surface area contributed by atoms with Crippen LogP contribution in [0.15, 0.2) is 18.2 Å². The molecule has 1 aromatic rings. The third kappa shape index (κ3) is 2.22. The van der Waals surface area contributed by atoms with E-state index >= 15 is 0 Å². The summed E-state index contributed by atoms with van der Waals surface area (Å²) < 4.78 is 13.2. The predicted molar refractivity (Wildman–Crippen MR) is 60.8 cm³/mol. The summed E-state index contributed by atoms with van der Waals surface area (Å²) in [5.41, 5.74) is 1.03. The van der Waals surface area contributed by atoms with Gasteiger partial charge in [-0.2, -0.15) is 0 Å². The highest BCUT2D eigenvalue weighted by atomic mass is 19.1. The van der Waals surface area contributed by atoms with Gasteiger partial charge in [0.1, 0.15) is 5.82 Å². The minimum absolute atomic E-state index is 0.0776. The molecule has 1 amide bonds. The van der Waals surface area contributed by atoms with Crippen molar-refractivity contribution in [2.24, 2.45) is 0 Å². The molecule has 1 aromatic carbocycles. The highest BCUT2D eigenvalue weighted by Crippen LogP contribution is 2.18. The molecule has 0 bridgehead atoms. The Kier molecular flexibility index (Phi) is 3.19. The average Bonchev–Trinajstić information content (AvgIpc) is 2.78. The molecular weight excluding hydrogens is 207 g/mol. The topological polar surface area (TPSA) is 41.1 Å². The lowest BCUT2D eigenvalue weighted by atomic mass is 10.1. The van der Waals surface area contributed by atoms with Gasteiger partial charge in [-0.3, -0.25) is 4.79 Å². The molecule has 2 N–H and O–H groups in total. The van der Waals surface area contributed by atoms with Gasteiger partial charge in [0.05, 0.1) is 6.04 Å². The van der Waals surface area contributed by atoms with Gasteiger partial charge in [0.15, 0.2) is 0 Å². The summed E-state index contributed by atoms with van der Waals surface area (Å²) in [6, 6.07) is 4.56. The Morgan fingerprint density at radius 1 is 1.56 bits per heavy atom. The quantitative estimate of drug-likeness (QED) is 0.801. The van der Waals surface area contributed by atoms with Gasteiger partial charge in [0.2, 0.25) is 5.91 Å². The van der Waals surface area contributed by atoms with Gasteiger partial charge in [0, 0.05) is 11.3 Å². The number of hydrogen-bond donors (Lipinski definition) is 2. The van der Waals surface area contributed by atoms with Crippen LogP contribution in [0.25, 0.3) is 0 Å². The fourth-order valence-electron chi connectivity index (χ4n) is 1.87.